The Labute approximate surface area is 161 Å². The molecule has 7 nitrogen and oxygen atoms in total. The third-order valence-corrected chi connectivity index (χ3v) is 5.45. The number of carbonyl (C=O) groups is 1. The number of hydrogen-bond donors (Lipinski definition) is 2. The van der Waals surface area contributed by atoms with Gasteiger partial charge in [0.2, 0.25) is 0 Å². The molecule has 0 aromatic heterocycles. The van der Waals surface area contributed by atoms with Crippen LogP contribution in [0.2, 0.25) is 0 Å². The van der Waals surface area contributed by atoms with Gasteiger partial charge >= 0.3 is 6.03 Å². The maximum Gasteiger partial charge on any atom is 0.317 e. The van der Waals surface area contributed by atoms with Crippen LogP contribution in [-0.2, 0) is 6.54 Å². The second-order valence-electron chi connectivity index (χ2n) is 7.70. The molecule has 2 saturated heterocycles. The van der Waals surface area contributed by atoms with Crippen molar-refractivity contribution in [3.63, 3.8) is 0 Å². The van der Waals surface area contributed by atoms with Gasteiger partial charge in [-0.15, -0.1) is 0 Å². The molecule has 0 bridgehead atoms. The van der Waals surface area contributed by atoms with Crippen LogP contribution in [-0.4, -0.2) is 91.4 Å². The van der Waals surface area contributed by atoms with Crippen LogP contribution in [0.4, 0.5) is 4.79 Å². The number of hydrogen-bond acceptors (Lipinski definition) is 5. The molecular formula is C20H32N4O3. The summed E-state index contributed by atoms with van der Waals surface area (Å²) >= 11 is 0. The van der Waals surface area contributed by atoms with Crippen LogP contribution in [0.5, 0.6) is 5.75 Å². The van der Waals surface area contributed by atoms with Crippen LogP contribution >= 0.6 is 0 Å². The van der Waals surface area contributed by atoms with Crippen LogP contribution in [0, 0.1) is 0 Å². The second-order valence-corrected chi connectivity index (χ2v) is 7.70. The molecule has 2 amide bonds. The predicted molar refractivity (Wildman–Crippen MR) is 105 cm³/mol. The van der Waals surface area contributed by atoms with Crippen molar-refractivity contribution in [3.8, 4) is 5.75 Å². The van der Waals surface area contributed by atoms with Gasteiger partial charge in [-0.1, -0.05) is 12.1 Å². The van der Waals surface area contributed by atoms with Gasteiger partial charge in [-0.2, -0.15) is 0 Å². The maximum atomic E-state index is 12.3. The molecule has 2 atom stereocenters. The number of β-amino-alcohol motifs (C(OH)–C–C–N with tert-alkyl or cyclic N) is 1. The lowest BCUT2D eigenvalue weighted by Crippen LogP contribution is -2.40. The molecule has 0 aliphatic carbocycles. The highest BCUT2D eigenvalue weighted by Crippen LogP contribution is 2.15. The van der Waals surface area contributed by atoms with Gasteiger partial charge in [-0.05, 0) is 57.7 Å². The maximum absolute atomic E-state index is 12.3. The number of aliphatic hydroxyl groups excluding tert-OH is 1. The van der Waals surface area contributed by atoms with Crippen LogP contribution in [0.1, 0.15) is 18.4 Å². The summed E-state index contributed by atoms with van der Waals surface area (Å²) in [5.74, 6) is 0.862. The first-order chi connectivity index (χ1) is 13.0. The van der Waals surface area contributed by atoms with Crippen molar-refractivity contribution in [2.75, 3.05) is 53.4 Å². The molecule has 0 unspecified atom stereocenters. The number of carbonyl (C=O) groups excluding carboxylic acids is 1. The highest BCUT2D eigenvalue weighted by molar-refractivity contribution is 5.74. The Morgan fingerprint density at radius 2 is 1.93 bits per heavy atom. The molecular weight excluding hydrogens is 344 g/mol. The minimum atomic E-state index is -0.497. The smallest absolute Gasteiger partial charge is 0.317 e. The third-order valence-electron chi connectivity index (χ3n) is 5.45. The minimum Gasteiger partial charge on any atom is -0.492 e. The average molecular weight is 377 g/mol. The molecule has 0 radical (unpaired) electrons. The summed E-state index contributed by atoms with van der Waals surface area (Å²) in [6, 6.07) is 7.72. The highest BCUT2D eigenvalue weighted by Gasteiger charge is 2.35. The van der Waals surface area contributed by atoms with Crippen molar-refractivity contribution >= 4 is 6.03 Å². The number of rotatable bonds is 7. The highest BCUT2D eigenvalue weighted by atomic mass is 16.5. The minimum absolute atomic E-state index is 0.00672. The summed E-state index contributed by atoms with van der Waals surface area (Å²) in [4.78, 5) is 18.4. The van der Waals surface area contributed by atoms with Crippen molar-refractivity contribution in [1.29, 1.82) is 0 Å². The van der Waals surface area contributed by atoms with Gasteiger partial charge in [0.1, 0.15) is 12.4 Å². The molecule has 2 heterocycles. The van der Waals surface area contributed by atoms with Crippen molar-refractivity contribution in [2.45, 2.75) is 31.5 Å². The number of amides is 2. The van der Waals surface area contributed by atoms with Crippen molar-refractivity contribution in [1.82, 2.24) is 20.0 Å². The summed E-state index contributed by atoms with van der Waals surface area (Å²) in [7, 11) is 3.84. The van der Waals surface area contributed by atoms with Crippen molar-refractivity contribution < 1.29 is 14.6 Å². The second kappa shape index (κ2) is 9.39. The Hall–Kier alpha value is -1.83. The van der Waals surface area contributed by atoms with Crippen LogP contribution < -0.4 is 10.1 Å². The number of urea groups is 1. The summed E-state index contributed by atoms with van der Waals surface area (Å²) < 4.78 is 5.81. The number of ether oxygens (including phenoxy) is 1. The van der Waals surface area contributed by atoms with E-state index in [9.17, 15) is 9.90 Å². The SMILES string of the molecule is CN(C)[C@H]1CN(C(=O)NCc2ccc(OCCN3CCCC3)cc2)C[C@@H]1O. The lowest BCUT2D eigenvalue weighted by Gasteiger charge is -2.21. The molecule has 2 fully saturated rings. The van der Waals surface area contributed by atoms with E-state index in [-0.39, 0.29) is 12.1 Å². The quantitative estimate of drug-likeness (QED) is 0.743. The number of nitrogens with zero attached hydrogens (tertiary/aromatic N) is 3. The number of likely N-dealkylation sites (tertiary alicyclic amines) is 2. The first-order valence-corrected chi connectivity index (χ1v) is 9.84. The van der Waals surface area contributed by atoms with Gasteiger partial charge in [0.15, 0.2) is 0 Å². The molecule has 3 rings (SSSR count). The van der Waals surface area contributed by atoms with Crippen LogP contribution in [0.25, 0.3) is 0 Å². The summed E-state index contributed by atoms with van der Waals surface area (Å²) in [5.41, 5.74) is 1.03. The molecule has 1 aromatic carbocycles. The fraction of sp³-hybridized carbons (Fsp3) is 0.650. The first-order valence-electron chi connectivity index (χ1n) is 9.84. The zero-order valence-corrected chi connectivity index (χ0v) is 16.4. The molecule has 2 aliphatic rings. The zero-order valence-electron chi connectivity index (χ0n) is 16.4. The van der Waals surface area contributed by atoms with Gasteiger partial charge in [-0.25, -0.2) is 4.79 Å². The monoisotopic (exact) mass is 376 g/mol. The summed E-state index contributed by atoms with van der Waals surface area (Å²) in [6.07, 6.45) is 2.10. The third kappa shape index (κ3) is 5.57. The standard InChI is InChI=1S/C20H32N4O3/c1-22(2)18-14-24(15-19(18)25)20(26)21-13-16-5-7-17(8-6-16)27-12-11-23-9-3-4-10-23/h5-8,18-19,25H,3-4,9-15H2,1-2H3,(H,21,26)/t18-,19-/m0/s1. The van der Waals surface area contributed by atoms with E-state index in [4.69, 9.17) is 4.74 Å². The first kappa shape index (κ1) is 19.9. The molecule has 0 saturated carbocycles. The van der Waals surface area contributed by atoms with Gasteiger partial charge in [-0.3, -0.25) is 4.90 Å². The van der Waals surface area contributed by atoms with Gasteiger partial charge in [0, 0.05) is 26.2 Å². The fourth-order valence-corrected chi connectivity index (χ4v) is 3.73. The Bertz CT molecular complexity index is 602. The van der Waals surface area contributed by atoms with E-state index >= 15 is 0 Å². The molecule has 7 heteroatoms. The Balaban J connectivity index is 1.38. The van der Waals surface area contributed by atoms with Crippen molar-refractivity contribution in [3.05, 3.63) is 29.8 Å². The van der Waals surface area contributed by atoms with E-state index in [2.05, 4.69) is 10.2 Å². The summed E-state index contributed by atoms with van der Waals surface area (Å²) in [6.45, 7) is 5.44. The lowest BCUT2D eigenvalue weighted by atomic mass is 10.2. The predicted octanol–water partition coefficient (Wildman–Crippen LogP) is 0.978. The number of nitrogens with one attached hydrogen (secondary N) is 1. The van der Waals surface area contributed by atoms with E-state index in [1.807, 2.05) is 43.3 Å². The zero-order chi connectivity index (χ0) is 19.2. The van der Waals surface area contributed by atoms with E-state index < -0.39 is 6.10 Å². The molecule has 150 valence electrons. The van der Waals surface area contributed by atoms with Gasteiger partial charge in [0.25, 0.3) is 0 Å². The van der Waals surface area contributed by atoms with E-state index in [0.717, 1.165) is 17.9 Å². The molecule has 2 aliphatic heterocycles. The van der Waals surface area contributed by atoms with Crippen LogP contribution in [0.3, 0.4) is 0 Å². The van der Waals surface area contributed by atoms with Gasteiger partial charge in [0.05, 0.1) is 12.1 Å². The van der Waals surface area contributed by atoms with E-state index in [1.165, 1.54) is 25.9 Å². The molecule has 27 heavy (non-hydrogen) atoms. The number of aliphatic hydroxyl groups is 1. The lowest BCUT2D eigenvalue weighted by molar-refractivity contribution is 0.113. The van der Waals surface area contributed by atoms with Crippen LogP contribution in [0.15, 0.2) is 24.3 Å². The normalized spacial score (nSPS) is 23.2. The van der Waals surface area contributed by atoms with E-state index in [0.29, 0.717) is 26.2 Å². The Morgan fingerprint density at radius 3 is 2.56 bits per heavy atom. The Morgan fingerprint density at radius 1 is 1.22 bits per heavy atom. The number of likely N-dealkylation sites (N-methyl/N-ethyl adjacent to an activating group) is 1. The Kier molecular flexibility index (Phi) is 6.93. The average Bonchev–Trinajstić information content (AvgIpc) is 3.30. The molecule has 0 spiro atoms. The molecule has 2 N–H and O–H groups in total. The fourth-order valence-electron chi connectivity index (χ4n) is 3.73. The van der Waals surface area contributed by atoms with E-state index in [1.54, 1.807) is 4.90 Å². The molecule has 1 aromatic rings. The number of benzene rings is 1. The largest absolute Gasteiger partial charge is 0.492 e. The topological polar surface area (TPSA) is 68.3 Å². The summed E-state index contributed by atoms with van der Waals surface area (Å²) in [5, 5.41) is 13.0. The van der Waals surface area contributed by atoms with Gasteiger partial charge < -0.3 is 25.0 Å². The van der Waals surface area contributed by atoms with Crippen molar-refractivity contribution in [2.24, 2.45) is 0 Å².